The maximum absolute atomic E-state index is 12.0. The lowest BCUT2D eigenvalue weighted by molar-refractivity contribution is -0.137. The molecule has 0 fully saturated rings. The van der Waals surface area contributed by atoms with Crippen molar-refractivity contribution >= 4 is 34.4 Å². The van der Waals surface area contributed by atoms with E-state index in [0.717, 1.165) is 9.13 Å². The Labute approximate surface area is 132 Å². The summed E-state index contributed by atoms with van der Waals surface area (Å²) in [6.45, 7) is 5.30. The molecule has 0 aliphatic rings. The normalized spacial score (nSPS) is 12.7. The van der Waals surface area contributed by atoms with Gasteiger partial charge in [0.2, 0.25) is 5.91 Å². The number of hydrogen-bond acceptors (Lipinski definition) is 3. The van der Waals surface area contributed by atoms with Crippen LogP contribution in [0.15, 0.2) is 24.3 Å². The van der Waals surface area contributed by atoms with E-state index in [9.17, 15) is 9.59 Å². The van der Waals surface area contributed by atoms with E-state index in [2.05, 4.69) is 27.9 Å². The molecule has 0 bridgehead atoms. The number of amides is 2. The highest BCUT2D eigenvalue weighted by atomic mass is 127. The predicted octanol–water partition coefficient (Wildman–Crippen LogP) is 1.87. The summed E-state index contributed by atoms with van der Waals surface area (Å²) in [7, 11) is 0. The summed E-state index contributed by atoms with van der Waals surface area (Å²) in [5.74, 6) is -0.863. The van der Waals surface area contributed by atoms with Crippen molar-refractivity contribution in [3.63, 3.8) is 0 Å². The quantitative estimate of drug-likeness (QED) is 0.417. The molecule has 0 heterocycles. The van der Waals surface area contributed by atoms with Gasteiger partial charge >= 0.3 is 0 Å². The van der Waals surface area contributed by atoms with Crippen molar-refractivity contribution in [2.75, 3.05) is 0 Å². The first-order chi connectivity index (χ1) is 9.24. The fourth-order valence-electron chi connectivity index (χ4n) is 1.52. The summed E-state index contributed by atoms with van der Waals surface area (Å²) in [5.41, 5.74) is 1.91. The molecule has 3 N–H and O–H groups in total. The number of carbonyl (C=O) groups is 2. The van der Waals surface area contributed by atoms with E-state index < -0.39 is 17.4 Å². The van der Waals surface area contributed by atoms with Gasteiger partial charge in [0.25, 0.3) is 5.91 Å². The molecule has 2 amide bonds. The van der Waals surface area contributed by atoms with E-state index in [1.807, 2.05) is 24.3 Å². The second-order valence-corrected chi connectivity index (χ2v) is 6.83. The SMILES string of the molecule is CC(C)(C)C(=O)NC(Cc1ccc(I)cc1)C(=O)NO. The summed E-state index contributed by atoms with van der Waals surface area (Å²) in [6.07, 6.45) is 0.325. The molecule has 1 aromatic carbocycles. The van der Waals surface area contributed by atoms with Gasteiger partial charge in [0.15, 0.2) is 0 Å². The summed E-state index contributed by atoms with van der Waals surface area (Å²) < 4.78 is 1.09. The van der Waals surface area contributed by atoms with Crippen LogP contribution < -0.4 is 10.8 Å². The van der Waals surface area contributed by atoms with Crippen LogP contribution in [0.1, 0.15) is 26.3 Å². The van der Waals surface area contributed by atoms with Crippen LogP contribution in [0.25, 0.3) is 0 Å². The lowest BCUT2D eigenvalue weighted by atomic mass is 9.94. The molecule has 1 unspecified atom stereocenters. The van der Waals surface area contributed by atoms with Gasteiger partial charge in [-0.05, 0) is 40.3 Å². The first kappa shape index (κ1) is 16.9. The van der Waals surface area contributed by atoms with Gasteiger partial charge < -0.3 is 5.32 Å². The zero-order chi connectivity index (χ0) is 15.3. The molecule has 0 aliphatic heterocycles. The van der Waals surface area contributed by atoms with Gasteiger partial charge in [0.1, 0.15) is 6.04 Å². The minimum atomic E-state index is -0.799. The molecule has 0 saturated carbocycles. The van der Waals surface area contributed by atoms with Crippen LogP contribution in [0.3, 0.4) is 0 Å². The molecule has 6 heteroatoms. The van der Waals surface area contributed by atoms with E-state index in [0.29, 0.717) is 6.42 Å². The van der Waals surface area contributed by atoms with Crippen molar-refractivity contribution in [3.05, 3.63) is 33.4 Å². The fourth-order valence-corrected chi connectivity index (χ4v) is 1.88. The van der Waals surface area contributed by atoms with Crippen molar-refractivity contribution in [3.8, 4) is 0 Å². The molecule has 1 aromatic rings. The molecular weight excluding hydrogens is 371 g/mol. The van der Waals surface area contributed by atoms with Crippen LogP contribution in [0, 0.1) is 8.99 Å². The Morgan fingerprint density at radius 1 is 1.25 bits per heavy atom. The van der Waals surface area contributed by atoms with Gasteiger partial charge in [-0.1, -0.05) is 32.9 Å². The average molecular weight is 390 g/mol. The first-order valence-electron chi connectivity index (χ1n) is 6.23. The smallest absolute Gasteiger partial charge is 0.266 e. The largest absolute Gasteiger partial charge is 0.343 e. The van der Waals surface area contributed by atoms with Gasteiger partial charge in [-0.2, -0.15) is 0 Å². The van der Waals surface area contributed by atoms with Gasteiger partial charge in [-0.3, -0.25) is 14.8 Å². The van der Waals surface area contributed by atoms with Gasteiger partial charge in [0.05, 0.1) is 0 Å². The van der Waals surface area contributed by atoms with Gasteiger partial charge in [0, 0.05) is 15.4 Å². The van der Waals surface area contributed by atoms with Crippen LogP contribution in [0.2, 0.25) is 0 Å². The van der Waals surface area contributed by atoms with Crippen LogP contribution in [-0.2, 0) is 16.0 Å². The number of nitrogens with one attached hydrogen (secondary N) is 2. The summed E-state index contributed by atoms with van der Waals surface area (Å²) in [4.78, 5) is 23.6. The Hall–Kier alpha value is -1.15. The third-order valence-electron chi connectivity index (χ3n) is 2.77. The molecule has 0 saturated heterocycles. The molecule has 20 heavy (non-hydrogen) atoms. The van der Waals surface area contributed by atoms with Crippen molar-refractivity contribution < 1.29 is 14.8 Å². The van der Waals surface area contributed by atoms with Crippen LogP contribution in [0.5, 0.6) is 0 Å². The monoisotopic (exact) mass is 390 g/mol. The Morgan fingerprint density at radius 3 is 2.25 bits per heavy atom. The Kier molecular flexibility index (Phi) is 5.94. The second-order valence-electron chi connectivity index (χ2n) is 5.58. The number of rotatable bonds is 4. The number of benzene rings is 1. The molecule has 0 aromatic heterocycles. The zero-order valence-electron chi connectivity index (χ0n) is 11.7. The van der Waals surface area contributed by atoms with E-state index in [-0.39, 0.29) is 5.91 Å². The fraction of sp³-hybridized carbons (Fsp3) is 0.429. The third-order valence-corrected chi connectivity index (χ3v) is 3.49. The minimum absolute atomic E-state index is 0.239. The predicted molar refractivity (Wildman–Crippen MR) is 84.2 cm³/mol. The lowest BCUT2D eigenvalue weighted by Gasteiger charge is -2.23. The van der Waals surface area contributed by atoms with Crippen molar-refractivity contribution in [2.45, 2.75) is 33.2 Å². The maximum atomic E-state index is 12.0. The molecule has 5 nitrogen and oxygen atoms in total. The third kappa shape index (κ3) is 5.09. The average Bonchev–Trinajstić information content (AvgIpc) is 2.38. The molecule has 1 rings (SSSR count). The van der Waals surface area contributed by atoms with Gasteiger partial charge in [-0.25, -0.2) is 5.48 Å². The van der Waals surface area contributed by atoms with E-state index in [1.54, 1.807) is 26.3 Å². The Bertz CT molecular complexity index is 480. The summed E-state index contributed by atoms with van der Waals surface area (Å²) in [6, 6.07) is 6.84. The first-order valence-corrected chi connectivity index (χ1v) is 7.31. The molecule has 0 spiro atoms. The van der Waals surface area contributed by atoms with Crippen molar-refractivity contribution in [1.82, 2.24) is 10.8 Å². The minimum Gasteiger partial charge on any atom is -0.343 e. The van der Waals surface area contributed by atoms with Crippen LogP contribution in [0.4, 0.5) is 0 Å². The maximum Gasteiger partial charge on any atom is 0.266 e. The topological polar surface area (TPSA) is 78.4 Å². The summed E-state index contributed by atoms with van der Waals surface area (Å²) >= 11 is 2.19. The van der Waals surface area contributed by atoms with Crippen LogP contribution in [-0.4, -0.2) is 23.1 Å². The highest BCUT2D eigenvalue weighted by Crippen LogP contribution is 2.14. The molecular formula is C14H19IN2O3. The molecule has 110 valence electrons. The van der Waals surface area contributed by atoms with E-state index in [4.69, 9.17) is 5.21 Å². The number of halogens is 1. The molecule has 1 atom stereocenters. The Morgan fingerprint density at radius 2 is 1.80 bits per heavy atom. The van der Waals surface area contributed by atoms with E-state index >= 15 is 0 Å². The van der Waals surface area contributed by atoms with Gasteiger partial charge in [-0.15, -0.1) is 0 Å². The highest BCUT2D eigenvalue weighted by Gasteiger charge is 2.27. The Balaban J connectivity index is 2.82. The van der Waals surface area contributed by atoms with Crippen LogP contribution >= 0.6 is 22.6 Å². The number of hydroxylamine groups is 1. The van der Waals surface area contributed by atoms with E-state index in [1.165, 1.54) is 0 Å². The van der Waals surface area contributed by atoms with Crippen molar-refractivity contribution in [1.29, 1.82) is 0 Å². The molecule has 0 aliphatic carbocycles. The van der Waals surface area contributed by atoms with Crippen molar-refractivity contribution in [2.24, 2.45) is 5.41 Å². The molecule has 0 radical (unpaired) electrons. The summed E-state index contributed by atoms with van der Waals surface area (Å²) in [5, 5.41) is 11.4. The second kappa shape index (κ2) is 7.03. The number of hydrogen-bond donors (Lipinski definition) is 3. The number of carbonyl (C=O) groups excluding carboxylic acids is 2. The lowest BCUT2D eigenvalue weighted by Crippen LogP contribution is -2.50. The highest BCUT2D eigenvalue weighted by molar-refractivity contribution is 14.1. The standard InChI is InChI=1S/C14H19IN2O3/c1-14(2,3)13(19)16-11(12(18)17-20)8-9-4-6-10(15)7-5-9/h4-7,11,20H,8H2,1-3H3,(H,16,19)(H,17,18). The zero-order valence-corrected chi connectivity index (χ0v) is 13.9.